The summed E-state index contributed by atoms with van der Waals surface area (Å²) >= 11 is 5.37. The summed E-state index contributed by atoms with van der Waals surface area (Å²) in [5.41, 5.74) is 0.744. The molecule has 1 aromatic carbocycles. The molecule has 0 saturated heterocycles. The molecule has 6 heteroatoms. The van der Waals surface area contributed by atoms with Crippen LogP contribution in [0.2, 0.25) is 0 Å². The number of hydrogen-bond acceptors (Lipinski definition) is 4. The lowest BCUT2D eigenvalue weighted by Gasteiger charge is -2.09. The zero-order valence-corrected chi connectivity index (χ0v) is 10.1. The summed E-state index contributed by atoms with van der Waals surface area (Å²) in [4.78, 5) is 32.7. The van der Waals surface area contributed by atoms with Gasteiger partial charge in [0.1, 0.15) is 6.29 Å². The maximum absolute atomic E-state index is 11.2. The maximum atomic E-state index is 11.2. The Bertz CT molecular complexity index is 483. The molecule has 0 bridgehead atoms. The summed E-state index contributed by atoms with van der Waals surface area (Å²) < 4.78 is 0. The molecule has 1 atom stereocenters. The van der Waals surface area contributed by atoms with Crippen molar-refractivity contribution < 1.29 is 24.6 Å². The van der Waals surface area contributed by atoms with Crippen molar-refractivity contribution in [1.82, 2.24) is 0 Å². The van der Waals surface area contributed by atoms with Crippen molar-refractivity contribution in [2.75, 3.05) is 5.88 Å². The van der Waals surface area contributed by atoms with Crippen molar-refractivity contribution >= 4 is 29.6 Å². The van der Waals surface area contributed by atoms with Gasteiger partial charge in [-0.2, -0.15) is 0 Å². The molecule has 0 aliphatic heterocycles. The highest BCUT2D eigenvalue weighted by Crippen LogP contribution is 2.18. The van der Waals surface area contributed by atoms with Gasteiger partial charge in [0.2, 0.25) is 0 Å². The fourth-order valence-corrected chi connectivity index (χ4v) is 1.56. The number of carbonyl (C=O) groups is 3. The van der Waals surface area contributed by atoms with E-state index in [1.54, 1.807) is 0 Å². The summed E-state index contributed by atoms with van der Waals surface area (Å²) in [6, 6.07) is 4.02. The zero-order valence-electron chi connectivity index (χ0n) is 9.30. The van der Waals surface area contributed by atoms with Gasteiger partial charge >= 0.3 is 5.97 Å². The van der Waals surface area contributed by atoms with Crippen molar-refractivity contribution in [2.45, 2.75) is 12.5 Å². The molecule has 1 rings (SSSR count). The summed E-state index contributed by atoms with van der Waals surface area (Å²) in [5, 5.41) is 18.1. The molecule has 0 aliphatic carbocycles. The van der Waals surface area contributed by atoms with E-state index in [-0.39, 0.29) is 29.2 Å². The van der Waals surface area contributed by atoms with Gasteiger partial charge in [-0.15, -0.1) is 11.6 Å². The summed E-state index contributed by atoms with van der Waals surface area (Å²) in [5.74, 6) is -1.88. The van der Waals surface area contributed by atoms with Gasteiger partial charge in [0, 0.05) is 12.0 Å². The van der Waals surface area contributed by atoms with E-state index < -0.39 is 12.1 Å². The Hall–Kier alpha value is -1.72. The Morgan fingerprint density at radius 2 is 2.06 bits per heavy atom. The molecule has 1 aromatic rings. The molecule has 0 radical (unpaired) electrons. The van der Waals surface area contributed by atoms with Gasteiger partial charge in [-0.1, -0.05) is 18.2 Å². The van der Waals surface area contributed by atoms with Crippen molar-refractivity contribution in [3.05, 3.63) is 34.9 Å². The molecule has 2 N–H and O–H groups in total. The normalized spacial score (nSPS) is 11.9. The molecule has 0 aromatic heterocycles. The summed E-state index contributed by atoms with van der Waals surface area (Å²) in [6.45, 7) is 0. The third kappa shape index (κ3) is 3.38. The summed E-state index contributed by atoms with van der Waals surface area (Å²) in [7, 11) is 0. The van der Waals surface area contributed by atoms with Crippen LogP contribution >= 0.6 is 11.6 Å². The number of aldehydes is 1. The predicted octanol–water partition coefficient (Wildman–Crippen LogP) is 0.968. The monoisotopic (exact) mass is 270 g/mol. The van der Waals surface area contributed by atoms with E-state index >= 15 is 0 Å². The second-order valence-electron chi connectivity index (χ2n) is 3.67. The first-order chi connectivity index (χ1) is 8.49. The third-order valence-electron chi connectivity index (χ3n) is 2.38. The van der Waals surface area contributed by atoms with E-state index in [9.17, 15) is 19.5 Å². The molecule has 0 fully saturated rings. The van der Waals surface area contributed by atoms with Crippen LogP contribution in [0.1, 0.15) is 27.6 Å². The minimum atomic E-state index is -1.68. The Kier molecular flexibility index (Phi) is 5.00. The van der Waals surface area contributed by atoms with Crippen molar-refractivity contribution in [3.63, 3.8) is 0 Å². The first-order valence-corrected chi connectivity index (χ1v) is 5.59. The number of alkyl halides is 1. The van der Waals surface area contributed by atoms with Gasteiger partial charge in [0.25, 0.3) is 0 Å². The van der Waals surface area contributed by atoms with E-state index in [0.29, 0.717) is 11.8 Å². The fraction of sp³-hybridized carbons (Fsp3) is 0.250. The quantitative estimate of drug-likeness (QED) is 0.593. The minimum Gasteiger partial charge on any atom is -0.479 e. The van der Waals surface area contributed by atoms with E-state index in [0.717, 1.165) is 0 Å². The Balaban J connectivity index is 3.12. The van der Waals surface area contributed by atoms with Gasteiger partial charge in [-0.25, -0.2) is 4.79 Å². The van der Waals surface area contributed by atoms with Crippen LogP contribution in [-0.4, -0.2) is 34.1 Å². The van der Waals surface area contributed by atoms with Crippen molar-refractivity contribution in [2.24, 2.45) is 0 Å². The largest absolute Gasteiger partial charge is 0.479 e. The van der Waals surface area contributed by atoms with E-state index in [1.807, 2.05) is 0 Å². The number of carboxylic acids is 1. The highest BCUT2D eigenvalue weighted by atomic mass is 35.5. The highest BCUT2D eigenvalue weighted by Gasteiger charge is 2.18. The van der Waals surface area contributed by atoms with Crippen LogP contribution in [0, 0.1) is 0 Å². The molecule has 0 heterocycles. The van der Waals surface area contributed by atoms with Crippen molar-refractivity contribution in [3.8, 4) is 0 Å². The minimum absolute atomic E-state index is 0.0717. The zero-order chi connectivity index (χ0) is 13.7. The Morgan fingerprint density at radius 3 is 2.56 bits per heavy atom. The number of aliphatic carboxylic acids is 1. The number of aliphatic hydroxyl groups is 1. The molecule has 96 valence electrons. The standard InChI is InChI=1S/C12H11ClO5/c13-5-10(15)4-9-3-7(11(16)12(17)18)1-2-8(9)6-14/h1-3,6,11,16H,4-5H2,(H,17,18). The SMILES string of the molecule is O=Cc1ccc(C(O)C(=O)O)cc1CC(=O)CCl. The predicted molar refractivity (Wildman–Crippen MR) is 63.9 cm³/mol. The van der Waals surface area contributed by atoms with Crippen LogP contribution in [0.5, 0.6) is 0 Å². The number of hydrogen-bond donors (Lipinski definition) is 2. The molecule has 18 heavy (non-hydrogen) atoms. The Labute approximate surface area is 108 Å². The van der Waals surface area contributed by atoms with Gasteiger partial charge < -0.3 is 10.2 Å². The van der Waals surface area contributed by atoms with Crippen LogP contribution in [0.15, 0.2) is 18.2 Å². The molecular weight excluding hydrogens is 260 g/mol. The van der Waals surface area contributed by atoms with Gasteiger partial charge in [0.15, 0.2) is 11.9 Å². The molecule has 0 amide bonds. The fourth-order valence-electron chi connectivity index (χ4n) is 1.47. The van der Waals surface area contributed by atoms with Crippen LogP contribution in [-0.2, 0) is 16.0 Å². The van der Waals surface area contributed by atoms with Crippen molar-refractivity contribution in [1.29, 1.82) is 0 Å². The van der Waals surface area contributed by atoms with E-state index in [4.69, 9.17) is 16.7 Å². The van der Waals surface area contributed by atoms with Crippen LogP contribution in [0.4, 0.5) is 0 Å². The number of carbonyl (C=O) groups excluding carboxylic acids is 2. The lowest BCUT2D eigenvalue weighted by molar-refractivity contribution is -0.146. The van der Waals surface area contributed by atoms with Gasteiger partial charge in [-0.05, 0) is 11.1 Å². The first-order valence-electron chi connectivity index (χ1n) is 5.06. The van der Waals surface area contributed by atoms with Crippen LogP contribution in [0.3, 0.4) is 0 Å². The molecule has 1 unspecified atom stereocenters. The maximum Gasteiger partial charge on any atom is 0.337 e. The van der Waals surface area contributed by atoms with Gasteiger partial charge in [-0.3, -0.25) is 9.59 Å². The number of ketones is 1. The number of aliphatic hydroxyl groups excluding tert-OH is 1. The lowest BCUT2D eigenvalue weighted by atomic mass is 9.98. The number of rotatable bonds is 6. The average Bonchev–Trinajstić information content (AvgIpc) is 2.37. The molecular formula is C12H11ClO5. The number of Topliss-reactive ketones (excluding diaryl/α,β-unsaturated/α-hetero) is 1. The summed E-state index contributed by atoms with van der Waals surface area (Å²) in [6.07, 6.45) is -1.19. The number of halogens is 1. The lowest BCUT2D eigenvalue weighted by Crippen LogP contribution is -2.12. The molecule has 0 saturated carbocycles. The van der Waals surface area contributed by atoms with Crippen LogP contribution in [0.25, 0.3) is 0 Å². The average molecular weight is 271 g/mol. The second kappa shape index (κ2) is 6.28. The Morgan fingerprint density at radius 1 is 1.39 bits per heavy atom. The highest BCUT2D eigenvalue weighted by molar-refractivity contribution is 6.27. The van der Waals surface area contributed by atoms with Crippen LogP contribution < -0.4 is 0 Å². The first kappa shape index (κ1) is 14.3. The van der Waals surface area contributed by atoms with Gasteiger partial charge in [0.05, 0.1) is 5.88 Å². The van der Waals surface area contributed by atoms with E-state index in [2.05, 4.69) is 0 Å². The number of benzene rings is 1. The topological polar surface area (TPSA) is 91.7 Å². The molecule has 0 spiro atoms. The van der Waals surface area contributed by atoms with E-state index in [1.165, 1.54) is 18.2 Å². The third-order valence-corrected chi connectivity index (χ3v) is 2.68. The molecule has 0 aliphatic rings. The molecule has 5 nitrogen and oxygen atoms in total. The second-order valence-corrected chi connectivity index (χ2v) is 3.93. The number of carboxylic acid groups (broad SMARTS) is 1. The smallest absolute Gasteiger partial charge is 0.337 e.